The van der Waals surface area contributed by atoms with Crippen LogP contribution in [-0.2, 0) is 14.8 Å². The van der Waals surface area contributed by atoms with Gasteiger partial charge in [0.25, 0.3) is 10.0 Å². The maximum atomic E-state index is 13.6. The molecule has 1 aliphatic heterocycles. The van der Waals surface area contributed by atoms with Crippen molar-refractivity contribution in [3.05, 3.63) is 89.5 Å². The number of benzene rings is 3. The van der Waals surface area contributed by atoms with Crippen LogP contribution < -0.4 is 14.5 Å². The predicted octanol–water partition coefficient (Wildman–Crippen LogP) is 4.98. The number of sulfonamides is 1. The van der Waals surface area contributed by atoms with Gasteiger partial charge in [-0.3, -0.25) is 9.10 Å². The number of nitrogens with one attached hydrogen (secondary N) is 1. The summed E-state index contributed by atoms with van der Waals surface area (Å²) in [6.45, 7) is 7.52. The molecule has 1 saturated heterocycles. The summed E-state index contributed by atoms with van der Waals surface area (Å²) in [6.07, 6.45) is 2.44. The molecule has 0 aromatic heterocycles. The van der Waals surface area contributed by atoms with E-state index in [1.807, 2.05) is 51.1 Å². The molecule has 4 rings (SSSR count). The van der Waals surface area contributed by atoms with E-state index in [1.54, 1.807) is 30.3 Å². The van der Waals surface area contributed by atoms with Crippen LogP contribution in [0.15, 0.2) is 77.7 Å². The highest BCUT2D eigenvalue weighted by atomic mass is 32.2. The number of carbonyl (C=O) groups excluding carboxylic acids is 1. The van der Waals surface area contributed by atoms with Crippen LogP contribution in [-0.4, -0.2) is 34.0 Å². The Labute approximate surface area is 208 Å². The zero-order valence-corrected chi connectivity index (χ0v) is 21.4. The topological polar surface area (TPSA) is 69.7 Å². The number of nitrogens with zero attached hydrogens (tertiary/aromatic N) is 2. The highest BCUT2D eigenvalue weighted by Gasteiger charge is 2.28. The van der Waals surface area contributed by atoms with Gasteiger partial charge in [0.1, 0.15) is 6.54 Å². The zero-order valence-electron chi connectivity index (χ0n) is 20.6. The number of amides is 1. The Morgan fingerprint density at radius 2 is 1.63 bits per heavy atom. The maximum Gasteiger partial charge on any atom is 0.264 e. The second kappa shape index (κ2) is 10.5. The van der Waals surface area contributed by atoms with Crippen molar-refractivity contribution in [3.8, 4) is 0 Å². The minimum Gasteiger partial charge on any atom is -0.372 e. The van der Waals surface area contributed by atoms with Crippen LogP contribution in [0.1, 0.15) is 42.5 Å². The molecule has 0 bridgehead atoms. The first-order chi connectivity index (χ1) is 16.8. The Hall–Kier alpha value is -3.32. The minimum absolute atomic E-state index is 0.152. The van der Waals surface area contributed by atoms with E-state index < -0.39 is 10.0 Å². The van der Waals surface area contributed by atoms with Gasteiger partial charge < -0.3 is 10.2 Å². The van der Waals surface area contributed by atoms with Crippen LogP contribution in [0, 0.1) is 13.8 Å². The Bertz CT molecular complexity index is 1270. The van der Waals surface area contributed by atoms with Crippen molar-refractivity contribution in [3.63, 3.8) is 0 Å². The Balaban J connectivity index is 1.55. The van der Waals surface area contributed by atoms with Gasteiger partial charge in [0.15, 0.2) is 0 Å². The van der Waals surface area contributed by atoms with E-state index in [2.05, 4.69) is 22.3 Å². The molecular formula is C28H33N3O3S. The molecule has 0 radical (unpaired) electrons. The van der Waals surface area contributed by atoms with Gasteiger partial charge >= 0.3 is 0 Å². The molecule has 0 aliphatic carbocycles. The molecule has 6 nitrogen and oxygen atoms in total. The first kappa shape index (κ1) is 24.8. The molecule has 3 aromatic rings. The highest BCUT2D eigenvalue weighted by Crippen LogP contribution is 2.28. The summed E-state index contributed by atoms with van der Waals surface area (Å²) in [5.41, 5.74) is 4.39. The van der Waals surface area contributed by atoms with Crippen LogP contribution in [0.2, 0.25) is 0 Å². The number of aryl methyl sites for hydroxylation is 2. The fourth-order valence-electron chi connectivity index (χ4n) is 4.46. The van der Waals surface area contributed by atoms with Gasteiger partial charge in [-0.1, -0.05) is 42.5 Å². The second-order valence-electron chi connectivity index (χ2n) is 9.19. The van der Waals surface area contributed by atoms with Crippen molar-refractivity contribution in [1.82, 2.24) is 5.32 Å². The monoisotopic (exact) mass is 491 g/mol. The van der Waals surface area contributed by atoms with Crippen molar-refractivity contribution in [1.29, 1.82) is 0 Å². The summed E-state index contributed by atoms with van der Waals surface area (Å²) in [7, 11) is -3.94. The van der Waals surface area contributed by atoms with E-state index in [1.165, 1.54) is 22.8 Å². The average Bonchev–Trinajstić information content (AvgIpc) is 3.40. The van der Waals surface area contributed by atoms with Crippen LogP contribution >= 0.6 is 0 Å². The predicted molar refractivity (Wildman–Crippen MR) is 141 cm³/mol. The molecule has 1 fully saturated rings. The largest absolute Gasteiger partial charge is 0.372 e. The van der Waals surface area contributed by atoms with Crippen molar-refractivity contribution < 1.29 is 13.2 Å². The maximum absolute atomic E-state index is 13.6. The van der Waals surface area contributed by atoms with Crippen LogP contribution in [0.3, 0.4) is 0 Å². The van der Waals surface area contributed by atoms with Gasteiger partial charge in [0, 0.05) is 18.8 Å². The Morgan fingerprint density at radius 1 is 0.971 bits per heavy atom. The Morgan fingerprint density at radius 3 is 2.29 bits per heavy atom. The molecule has 0 saturated carbocycles. The number of rotatable bonds is 8. The highest BCUT2D eigenvalue weighted by molar-refractivity contribution is 7.92. The number of hydrogen-bond acceptors (Lipinski definition) is 4. The average molecular weight is 492 g/mol. The van der Waals surface area contributed by atoms with Crippen LogP contribution in [0.5, 0.6) is 0 Å². The molecule has 0 spiro atoms. The third kappa shape index (κ3) is 5.68. The number of anilines is 2. The summed E-state index contributed by atoms with van der Waals surface area (Å²) in [5.74, 6) is -0.360. The molecule has 184 valence electrons. The summed E-state index contributed by atoms with van der Waals surface area (Å²) < 4.78 is 28.4. The SMILES string of the molecule is Cc1ccc(C)c(N(CC(=O)NC(C)c2ccc(N3CCCC3)cc2)S(=O)(=O)c2ccccc2)c1. The van der Waals surface area contributed by atoms with Gasteiger partial charge in [-0.2, -0.15) is 0 Å². The third-order valence-corrected chi connectivity index (χ3v) is 8.27. The number of carbonyl (C=O) groups is 1. The lowest BCUT2D eigenvalue weighted by Crippen LogP contribution is -2.42. The van der Waals surface area contributed by atoms with Crippen molar-refractivity contribution in [2.75, 3.05) is 28.8 Å². The van der Waals surface area contributed by atoms with Gasteiger partial charge in [0.05, 0.1) is 16.6 Å². The minimum atomic E-state index is -3.94. The second-order valence-corrected chi connectivity index (χ2v) is 11.1. The molecule has 7 heteroatoms. The molecule has 1 amide bonds. The molecule has 1 unspecified atom stereocenters. The standard InChI is InChI=1S/C28H33N3O3S/c1-21-11-12-22(2)27(19-21)31(35(33,34)26-9-5-4-6-10-26)20-28(32)29-23(3)24-13-15-25(16-14-24)30-17-7-8-18-30/h4-6,9-16,19,23H,7-8,17-18,20H2,1-3H3,(H,29,32). The van der Waals surface area contributed by atoms with E-state index in [-0.39, 0.29) is 23.4 Å². The molecule has 1 aliphatic rings. The van der Waals surface area contributed by atoms with Crippen LogP contribution in [0.25, 0.3) is 0 Å². The lowest BCUT2D eigenvalue weighted by Gasteiger charge is -2.27. The van der Waals surface area contributed by atoms with Crippen molar-refractivity contribution >= 4 is 27.3 Å². The third-order valence-electron chi connectivity index (χ3n) is 6.49. The van der Waals surface area contributed by atoms with E-state index in [0.29, 0.717) is 5.69 Å². The molecule has 1 heterocycles. The zero-order chi connectivity index (χ0) is 25.0. The fraction of sp³-hybridized carbons (Fsp3) is 0.321. The summed E-state index contributed by atoms with van der Waals surface area (Å²) in [4.78, 5) is 15.7. The lowest BCUT2D eigenvalue weighted by atomic mass is 10.1. The van der Waals surface area contributed by atoms with E-state index in [4.69, 9.17) is 0 Å². The molecule has 35 heavy (non-hydrogen) atoms. The van der Waals surface area contributed by atoms with Gasteiger partial charge in [0.2, 0.25) is 5.91 Å². The van der Waals surface area contributed by atoms with Gasteiger partial charge in [-0.05, 0) is 80.6 Å². The van der Waals surface area contributed by atoms with Crippen LogP contribution in [0.4, 0.5) is 11.4 Å². The summed E-state index contributed by atoms with van der Waals surface area (Å²) in [6, 6.07) is 21.8. The van der Waals surface area contributed by atoms with E-state index in [9.17, 15) is 13.2 Å². The molecule has 1 atom stereocenters. The summed E-state index contributed by atoms with van der Waals surface area (Å²) >= 11 is 0. The first-order valence-electron chi connectivity index (χ1n) is 12.0. The van der Waals surface area contributed by atoms with Crippen molar-refractivity contribution in [2.45, 2.75) is 44.6 Å². The van der Waals surface area contributed by atoms with Crippen molar-refractivity contribution in [2.24, 2.45) is 0 Å². The van der Waals surface area contributed by atoms with Gasteiger partial charge in [-0.15, -0.1) is 0 Å². The quantitative estimate of drug-likeness (QED) is 0.483. The number of hydrogen-bond donors (Lipinski definition) is 1. The fourth-order valence-corrected chi connectivity index (χ4v) is 5.96. The normalized spacial score (nSPS) is 14.5. The van der Waals surface area contributed by atoms with Gasteiger partial charge in [-0.25, -0.2) is 8.42 Å². The lowest BCUT2D eigenvalue weighted by molar-refractivity contribution is -0.120. The van der Waals surface area contributed by atoms with E-state index >= 15 is 0 Å². The smallest absolute Gasteiger partial charge is 0.264 e. The first-order valence-corrected chi connectivity index (χ1v) is 13.5. The summed E-state index contributed by atoms with van der Waals surface area (Å²) in [5, 5.41) is 2.98. The molecule has 1 N–H and O–H groups in total. The molecule has 3 aromatic carbocycles. The molecular weight excluding hydrogens is 458 g/mol. The Kier molecular flexibility index (Phi) is 7.45. The van der Waals surface area contributed by atoms with E-state index in [0.717, 1.165) is 29.8 Å².